The fourth-order valence-corrected chi connectivity index (χ4v) is 4.77. The zero-order valence-electron chi connectivity index (χ0n) is 19.0. The maximum Gasteiger partial charge on any atom is 0.274 e. The third kappa shape index (κ3) is 3.50. The molecule has 10 heteroatoms. The van der Waals surface area contributed by atoms with Gasteiger partial charge in [0.15, 0.2) is 5.69 Å². The second-order valence-electron chi connectivity index (χ2n) is 8.54. The van der Waals surface area contributed by atoms with Gasteiger partial charge < -0.3 is 20.3 Å². The van der Waals surface area contributed by atoms with Gasteiger partial charge in [-0.3, -0.25) is 9.48 Å². The molecule has 5 rings (SSSR count). The number of aromatic nitrogens is 3. The number of pyridine rings is 1. The number of halogens is 1. The molecule has 174 valence electrons. The molecule has 9 nitrogen and oxygen atoms in total. The molecule has 1 atom stereocenters. The highest BCUT2D eigenvalue weighted by atomic mass is 19.1. The number of likely N-dealkylation sites (N-methyl/N-ethyl adjacent to an activating group) is 1. The molecule has 0 radical (unpaired) electrons. The highest BCUT2D eigenvalue weighted by molar-refractivity contribution is 6.00. The van der Waals surface area contributed by atoms with Gasteiger partial charge in [-0.25, -0.2) is 9.37 Å². The Morgan fingerprint density at radius 3 is 2.88 bits per heavy atom. The number of nitrogen functional groups attached to an aromatic ring is 1. The Morgan fingerprint density at radius 2 is 2.09 bits per heavy atom. The molecule has 4 heterocycles. The number of nitrogens with two attached hydrogens (primary N) is 1. The van der Waals surface area contributed by atoms with Crippen LogP contribution in [-0.4, -0.2) is 52.3 Å². The summed E-state index contributed by atoms with van der Waals surface area (Å²) in [7, 11) is 3.28. The molecule has 3 aromatic rings. The third-order valence-electron chi connectivity index (χ3n) is 6.47. The molecule has 2 bridgehead atoms. The SMILES string of the molecule is CN1CCOc2ccc(F)cc2[C@H]2CCCN2c2cc(cnc2N)-c2c(nn(C)c2C#N)C1=O. The number of nitrogens with zero attached hydrogens (tertiary/aromatic N) is 6. The summed E-state index contributed by atoms with van der Waals surface area (Å²) in [6, 6.07) is 8.33. The molecular weight excluding hydrogens is 437 g/mol. The number of ether oxygens (including phenoxy) is 1. The largest absolute Gasteiger partial charge is 0.491 e. The van der Waals surface area contributed by atoms with Gasteiger partial charge in [0.05, 0.1) is 23.8 Å². The second-order valence-corrected chi connectivity index (χ2v) is 8.54. The molecule has 0 unspecified atom stereocenters. The number of fused-ring (bicyclic) bond motifs is 8. The first-order valence-electron chi connectivity index (χ1n) is 11.1. The van der Waals surface area contributed by atoms with Gasteiger partial charge in [-0.05, 0) is 37.1 Å². The number of carbonyl (C=O) groups is 1. The minimum absolute atomic E-state index is 0.156. The quantitative estimate of drug-likeness (QED) is 0.548. The van der Waals surface area contributed by atoms with Crippen LogP contribution in [0.1, 0.15) is 40.6 Å². The van der Waals surface area contributed by atoms with Crippen LogP contribution in [0.3, 0.4) is 0 Å². The van der Waals surface area contributed by atoms with Crippen LogP contribution >= 0.6 is 0 Å². The van der Waals surface area contributed by atoms with Gasteiger partial charge in [0.2, 0.25) is 0 Å². The average Bonchev–Trinajstić information content (AvgIpc) is 3.43. The monoisotopic (exact) mass is 461 g/mol. The van der Waals surface area contributed by atoms with E-state index in [1.54, 1.807) is 26.4 Å². The first-order valence-corrected chi connectivity index (χ1v) is 11.1. The Hall–Kier alpha value is -4.13. The molecule has 1 fully saturated rings. The summed E-state index contributed by atoms with van der Waals surface area (Å²) >= 11 is 0. The van der Waals surface area contributed by atoms with E-state index in [1.807, 2.05) is 6.07 Å². The number of nitriles is 1. The van der Waals surface area contributed by atoms with E-state index < -0.39 is 0 Å². The Labute approximate surface area is 196 Å². The first kappa shape index (κ1) is 21.7. The van der Waals surface area contributed by atoms with Gasteiger partial charge in [0.1, 0.15) is 35.8 Å². The van der Waals surface area contributed by atoms with Gasteiger partial charge in [-0.2, -0.15) is 10.4 Å². The predicted octanol–water partition coefficient (Wildman–Crippen LogP) is 2.88. The lowest BCUT2D eigenvalue weighted by atomic mass is 10.0. The average molecular weight is 462 g/mol. The molecule has 0 spiro atoms. The molecule has 2 aliphatic heterocycles. The van der Waals surface area contributed by atoms with Crippen molar-refractivity contribution in [1.29, 1.82) is 5.26 Å². The lowest BCUT2D eigenvalue weighted by Gasteiger charge is -2.30. The van der Waals surface area contributed by atoms with Crippen molar-refractivity contribution in [2.75, 3.05) is 37.4 Å². The van der Waals surface area contributed by atoms with Crippen LogP contribution in [0.4, 0.5) is 15.9 Å². The van der Waals surface area contributed by atoms with E-state index in [-0.39, 0.29) is 42.3 Å². The van der Waals surface area contributed by atoms with E-state index >= 15 is 0 Å². The van der Waals surface area contributed by atoms with Crippen molar-refractivity contribution in [1.82, 2.24) is 19.7 Å². The normalized spacial score (nSPS) is 17.8. The number of amides is 1. The summed E-state index contributed by atoms with van der Waals surface area (Å²) in [6.45, 7) is 1.20. The summed E-state index contributed by atoms with van der Waals surface area (Å²) in [5, 5.41) is 14.2. The predicted molar refractivity (Wildman–Crippen MR) is 124 cm³/mol. The highest BCUT2D eigenvalue weighted by Gasteiger charge is 2.32. The second kappa shape index (κ2) is 8.33. The summed E-state index contributed by atoms with van der Waals surface area (Å²) < 4.78 is 21.7. The van der Waals surface area contributed by atoms with Gasteiger partial charge in [-0.1, -0.05) is 0 Å². The van der Waals surface area contributed by atoms with Crippen molar-refractivity contribution < 1.29 is 13.9 Å². The number of rotatable bonds is 0. The molecular formula is C24H24FN7O2. The number of aryl methyl sites for hydroxylation is 1. The molecule has 2 N–H and O–H groups in total. The van der Waals surface area contributed by atoms with Crippen LogP contribution < -0.4 is 15.4 Å². The number of hydrogen-bond acceptors (Lipinski definition) is 7. The van der Waals surface area contributed by atoms with E-state index in [1.165, 1.54) is 21.7 Å². The Kier molecular flexibility index (Phi) is 5.32. The Bertz CT molecular complexity index is 1330. The van der Waals surface area contributed by atoms with Crippen LogP contribution in [0.2, 0.25) is 0 Å². The molecule has 1 aromatic carbocycles. The maximum atomic E-state index is 14.3. The topological polar surface area (TPSA) is 113 Å². The standard InChI is InChI=1S/C24H24FN7O2/c1-30-8-9-34-20-6-5-15(25)11-16(20)17-4-3-7-32(17)18-10-14(13-28-23(18)27)21-19(12-26)31(2)29-22(21)24(30)33/h5-6,10-11,13,17H,3-4,7-9H2,1-2H3,(H2,27,28)/t17-/m1/s1. The summed E-state index contributed by atoms with van der Waals surface area (Å²) in [5.41, 5.74) is 9.09. The van der Waals surface area contributed by atoms with E-state index in [0.29, 0.717) is 34.9 Å². The lowest BCUT2D eigenvalue weighted by Crippen LogP contribution is -2.32. The van der Waals surface area contributed by atoms with Crippen LogP contribution in [0.5, 0.6) is 5.75 Å². The number of hydrogen-bond donors (Lipinski definition) is 1. The van der Waals surface area contributed by atoms with Crippen LogP contribution in [0, 0.1) is 17.1 Å². The van der Waals surface area contributed by atoms with E-state index in [0.717, 1.165) is 18.4 Å². The number of benzene rings is 1. The number of carbonyl (C=O) groups excluding carboxylic acids is 1. The van der Waals surface area contributed by atoms with E-state index in [2.05, 4.69) is 21.1 Å². The van der Waals surface area contributed by atoms with E-state index in [4.69, 9.17) is 10.5 Å². The molecule has 0 aliphatic carbocycles. The molecule has 1 amide bonds. The molecule has 34 heavy (non-hydrogen) atoms. The highest BCUT2D eigenvalue weighted by Crippen LogP contribution is 2.43. The Morgan fingerprint density at radius 1 is 1.26 bits per heavy atom. The molecule has 2 aliphatic rings. The van der Waals surface area contributed by atoms with Crippen molar-refractivity contribution in [3.05, 3.63) is 53.2 Å². The minimum atomic E-state index is -0.346. The van der Waals surface area contributed by atoms with E-state index in [9.17, 15) is 14.4 Å². The van der Waals surface area contributed by atoms with Crippen molar-refractivity contribution in [2.24, 2.45) is 7.05 Å². The van der Waals surface area contributed by atoms with Crippen molar-refractivity contribution in [3.8, 4) is 22.9 Å². The molecule has 1 saturated heterocycles. The molecule has 2 aromatic heterocycles. The molecule has 0 saturated carbocycles. The van der Waals surface area contributed by atoms with Gasteiger partial charge in [-0.15, -0.1) is 0 Å². The number of anilines is 2. The minimum Gasteiger partial charge on any atom is -0.491 e. The lowest BCUT2D eigenvalue weighted by molar-refractivity contribution is 0.0767. The van der Waals surface area contributed by atoms with Gasteiger partial charge in [0.25, 0.3) is 5.91 Å². The van der Waals surface area contributed by atoms with Gasteiger partial charge >= 0.3 is 0 Å². The van der Waals surface area contributed by atoms with Crippen molar-refractivity contribution in [2.45, 2.75) is 18.9 Å². The summed E-state index contributed by atoms with van der Waals surface area (Å²) in [6.07, 6.45) is 3.23. The van der Waals surface area contributed by atoms with Crippen LogP contribution in [0.25, 0.3) is 11.1 Å². The van der Waals surface area contributed by atoms with Crippen LogP contribution in [0.15, 0.2) is 30.5 Å². The summed E-state index contributed by atoms with van der Waals surface area (Å²) in [5.74, 6) is 0.198. The fourth-order valence-electron chi connectivity index (χ4n) is 4.77. The Balaban J connectivity index is 1.74. The third-order valence-corrected chi connectivity index (χ3v) is 6.47. The summed E-state index contributed by atoms with van der Waals surface area (Å²) in [4.78, 5) is 21.3. The smallest absolute Gasteiger partial charge is 0.274 e. The van der Waals surface area contributed by atoms with Gasteiger partial charge in [0, 0.05) is 38.0 Å². The maximum absolute atomic E-state index is 14.3. The van der Waals surface area contributed by atoms with Crippen molar-refractivity contribution in [3.63, 3.8) is 0 Å². The zero-order valence-corrected chi connectivity index (χ0v) is 19.0. The fraction of sp³-hybridized carbons (Fsp3) is 0.333. The first-order chi connectivity index (χ1) is 16.4. The zero-order chi connectivity index (χ0) is 24.0. The van der Waals surface area contributed by atoms with Crippen LogP contribution in [-0.2, 0) is 7.05 Å². The van der Waals surface area contributed by atoms with Crippen molar-refractivity contribution >= 4 is 17.4 Å².